The maximum absolute atomic E-state index is 11.2. The number of carboxylic acids is 1. The first-order valence-corrected chi connectivity index (χ1v) is 5.60. The average molecular weight is 225 g/mol. The monoisotopic (exact) mass is 225 g/mol. The van der Waals surface area contributed by atoms with E-state index in [9.17, 15) is 9.59 Å². The fourth-order valence-corrected chi connectivity index (χ4v) is 3.18. The molecule has 1 unspecified atom stereocenters. The number of allylic oxidation sites excluding steroid dienone is 1. The van der Waals surface area contributed by atoms with Crippen molar-refractivity contribution >= 4 is 23.6 Å². The maximum Gasteiger partial charge on any atom is 0.334 e. The normalized spacial score (nSPS) is 28.9. The van der Waals surface area contributed by atoms with Gasteiger partial charge in [0.15, 0.2) is 0 Å². The van der Waals surface area contributed by atoms with Crippen molar-refractivity contribution in [3.63, 3.8) is 0 Å². The summed E-state index contributed by atoms with van der Waals surface area (Å²) in [5.74, 6) is -0.948. The molecule has 1 amide bonds. The highest BCUT2D eigenvalue weighted by atomic mass is 32.2. The van der Waals surface area contributed by atoms with E-state index in [2.05, 4.69) is 6.58 Å². The Hall–Kier alpha value is -1.23. The summed E-state index contributed by atoms with van der Waals surface area (Å²) in [6.07, 6.45) is 4.33. The number of hydrogen-bond acceptors (Lipinski definition) is 3. The van der Waals surface area contributed by atoms with E-state index in [4.69, 9.17) is 5.11 Å². The minimum atomic E-state index is -0.951. The Labute approximate surface area is 91.6 Å². The molecular formula is C10H11NO3S. The van der Waals surface area contributed by atoms with Crippen molar-refractivity contribution in [1.29, 1.82) is 0 Å². The van der Waals surface area contributed by atoms with Gasteiger partial charge in [-0.3, -0.25) is 4.79 Å². The summed E-state index contributed by atoms with van der Waals surface area (Å²) < 4.78 is 0. The second kappa shape index (κ2) is 3.73. The molecular weight excluding hydrogens is 214 g/mol. The van der Waals surface area contributed by atoms with E-state index >= 15 is 0 Å². The molecule has 2 heterocycles. The first-order chi connectivity index (χ1) is 7.13. The van der Waals surface area contributed by atoms with Crippen LogP contribution in [0.4, 0.5) is 0 Å². The summed E-state index contributed by atoms with van der Waals surface area (Å²) in [6, 6.07) is 0. The lowest BCUT2D eigenvalue weighted by molar-refractivity contribution is -0.138. The Morgan fingerprint density at radius 2 is 2.53 bits per heavy atom. The van der Waals surface area contributed by atoms with E-state index < -0.39 is 5.97 Å². The van der Waals surface area contributed by atoms with Gasteiger partial charge in [0, 0.05) is 11.4 Å². The van der Waals surface area contributed by atoms with Crippen molar-refractivity contribution in [2.75, 3.05) is 0 Å². The molecule has 2 atom stereocenters. The lowest BCUT2D eigenvalue weighted by Crippen LogP contribution is -2.51. The molecule has 0 radical (unpaired) electrons. The molecule has 2 rings (SSSR count). The predicted molar refractivity (Wildman–Crippen MR) is 57.2 cm³/mol. The van der Waals surface area contributed by atoms with Crippen molar-refractivity contribution < 1.29 is 14.7 Å². The summed E-state index contributed by atoms with van der Waals surface area (Å²) in [6.45, 7) is 3.61. The van der Waals surface area contributed by atoms with E-state index in [1.807, 2.05) is 0 Å². The van der Waals surface area contributed by atoms with E-state index in [0.717, 1.165) is 0 Å². The third-order valence-electron chi connectivity index (χ3n) is 2.52. The highest BCUT2D eigenvalue weighted by molar-refractivity contribution is 8.00. The number of rotatable bonds is 3. The second-order valence-electron chi connectivity index (χ2n) is 3.50. The molecule has 0 bridgehead atoms. The number of amides is 1. The van der Waals surface area contributed by atoms with Crippen molar-refractivity contribution in [1.82, 2.24) is 4.90 Å². The summed E-state index contributed by atoms with van der Waals surface area (Å²) in [4.78, 5) is 23.6. The summed E-state index contributed by atoms with van der Waals surface area (Å²) in [5, 5.41) is 9.05. The smallest absolute Gasteiger partial charge is 0.334 e. The molecule has 0 aromatic rings. The van der Waals surface area contributed by atoms with Gasteiger partial charge in [0.25, 0.3) is 0 Å². The van der Waals surface area contributed by atoms with Crippen LogP contribution in [0.25, 0.3) is 0 Å². The average Bonchev–Trinajstić information content (AvgIpc) is 2.16. The minimum absolute atomic E-state index is 0.00306. The number of hydrogen-bond donors (Lipinski definition) is 1. The summed E-state index contributed by atoms with van der Waals surface area (Å²) >= 11 is 1.53. The number of β-lactam (4-membered cyclic amide) rings is 1. The van der Waals surface area contributed by atoms with Gasteiger partial charge in [0.1, 0.15) is 0 Å². The van der Waals surface area contributed by atoms with Crippen molar-refractivity contribution in [3.8, 4) is 0 Å². The molecule has 2 aliphatic heterocycles. The molecule has 5 heteroatoms. The van der Waals surface area contributed by atoms with Gasteiger partial charge < -0.3 is 10.0 Å². The minimum Gasteiger partial charge on any atom is -0.478 e. The molecule has 0 aromatic heterocycles. The highest BCUT2D eigenvalue weighted by Gasteiger charge is 2.42. The number of thioether (sulfide) groups is 1. The van der Waals surface area contributed by atoms with E-state index in [-0.39, 0.29) is 16.5 Å². The Balaban J connectivity index is 2.23. The molecule has 1 fully saturated rings. The van der Waals surface area contributed by atoms with Gasteiger partial charge in [0.2, 0.25) is 5.91 Å². The highest BCUT2D eigenvalue weighted by Crippen LogP contribution is 2.41. The molecule has 0 aliphatic carbocycles. The van der Waals surface area contributed by atoms with Gasteiger partial charge in [-0.25, -0.2) is 4.79 Å². The molecule has 0 spiro atoms. The van der Waals surface area contributed by atoms with Crippen LogP contribution in [0.2, 0.25) is 0 Å². The number of aliphatic carboxylic acids is 1. The van der Waals surface area contributed by atoms with Crippen LogP contribution in [0.3, 0.4) is 0 Å². The fourth-order valence-electron chi connectivity index (χ4n) is 1.69. The number of nitrogens with zero attached hydrogens (tertiary/aromatic N) is 1. The van der Waals surface area contributed by atoms with Gasteiger partial charge >= 0.3 is 5.97 Å². The standard InChI is InChI=1S/C10H11NO3S/c1-2-3-7-6(10(13)14)5-11-8(12)4-9(11)15-7/h2,5,7,9H,1,3-4H2,(H,13,14)/t7?,9-/m1/s1. The van der Waals surface area contributed by atoms with Gasteiger partial charge in [-0.1, -0.05) is 6.08 Å². The molecule has 80 valence electrons. The molecule has 4 nitrogen and oxygen atoms in total. The zero-order valence-electron chi connectivity index (χ0n) is 8.05. The van der Waals surface area contributed by atoms with Gasteiger partial charge in [-0.15, -0.1) is 18.3 Å². The van der Waals surface area contributed by atoms with Crippen LogP contribution >= 0.6 is 11.8 Å². The molecule has 0 aromatic carbocycles. The number of carboxylic acid groups (broad SMARTS) is 1. The first kappa shape index (κ1) is 10.3. The van der Waals surface area contributed by atoms with Crippen LogP contribution in [0.5, 0.6) is 0 Å². The molecule has 1 saturated heterocycles. The molecule has 2 aliphatic rings. The number of carbonyl (C=O) groups excluding carboxylic acids is 1. The van der Waals surface area contributed by atoms with Gasteiger partial charge in [-0.2, -0.15) is 0 Å². The Morgan fingerprint density at radius 3 is 3.07 bits per heavy atom. The van der Waals surface area contributed by atoms with Gasteiger partial charge in [-0.05, 0) is 6.42 Å². The third-order valence-corrected chi connectivity index (χ3v) is 4.00. The summed E-state index contributed by atoms with van der Waals surface area (Å²) in [5.41, 5.74) is 0.296. The Kier molecular flexibility index (Phi) is 2.56. The van der Waals surface area contributed by atoms with E-state index in [0.29, 0.717) is 18.4 Å². The van der Waals surface area contributed by atoms with Crippen molar-refractivity contribution in [3.05, 3.63) is 24.4 Å². The van der Waals surface area contributed by atoms with Crippen molar-refractivity contribution in [2.24, 2.45) is 0 Å². The second-order valence-corrected chi connectivity index (χ2v) is 4.88. The zero-order valence-corrected chi connectivity index (χ0v) is 8.87. The lowest BCUT2D eigenvalue weighted by Gasteiger charge is -2.43. The number of fused-ring (bicyclic) bond motifs is 1. The summed E-state index contributed by atoms with van der Waals surface area (Å²) in [7, 11) is 0. The van der Waals surface area contributed by atoms with E-state index in [1.165, 1.54) is 22.9 Å². The Bertz CT molecular complexity index is 364. The lowest BCUT2D eigenvalue weighted by atomic mass is 10.1. The Morgan fingerprint density at radius 1 is 1.80 bits per heavy atom. The maximum atomic E-state index is 11.2. The van der Waals surface area contributed by atoms with Crippen LogP contribution in [0, 0.1) is 0 Å². The molecule has 15 heavy (non-hydrogen) atoms. The van der Waals surface area contributed by atoms with Crippen LogP contribution in [-0.2, 0) is 9.59 Å². The zero-order chi connectivity index (χ0) is 11.0. The topological polar surface area (TPSA) is 57.6 Å². The van der Waals surface area contributed by atoms with Crippen LogP contribution in [0.15, 0.2) is 24.4 Å². The quantitative estimate of drug-likeness (QED) is 0.579. The third kappa shape index (κ3) is 1.67. The largest absolute Gasteiger partial charge is 0.478 e. The fraction of sp³-hybridized carbons (Fsp3) is 0.400. The molecule has 1 N–H and O–H groups in total. The first-order valence-electron chi connectivity index (χ1n) is 4.66. The number of carbonyl (C=O) groups is 2. The van der Waals surface area contributed by atoms with E-state index in [1.54, 1.807) is 6.08 Å². The van der Waals surface area contributed by atoms with Crippen LogP contribution in [0.1, 0.15) is 12.8 Å². The van der Waals surface area contributed by atoms with Crippen LogP contribution in [-0.4, -0.2) is 32.5 Å². The van der Waals surface area contributed by atoms with Crippen molar-refractivity contribution in [2.45, 2.75) is 23.5 Å². The van der Waals surface area contributed by atoms with Crippen LogP contribution < -0.4 is 0 Å². The SMILES string of the molecule is C=CCC1S[C@@H]2CC(=O)N2C=C1C(=O)O. The molecule has 0 saturated carbocycles. The van der Waals surface area contributed by atoms with Gasteiger partial charge in [0.05, 0.1) is 17.4 Å². The predicted octanol–water partition coefficient (Wildman–Crippen LogP) is 1.20.